The highest BCUT2D eigenvalue weighted by Crippen LogP contribution is 2.52. The molecule has 0 amide bonds. The lowest BCUT2D eigenvalue weighted by atomic mass is 9.81. The van der Waals surface area contributed by atoms with E-state index in [0.717, 1.165) is 27.8 Å². The summed E-state index contributed by atoms with van der Waals surface area (Å²) in [7, 11) is 0. The van der Waals surface area contributed by atoms with E-state index in [1.807, 2.05) is 18.2 Å². The van der Waals surface area contributed by atoms with Gasteiger partial charge in [0.25, 0.3) is 0 Å². The first kappa shape index (κ1) is 29.8. The molecule has 0 aliphatic heterocycles. The van der Waals surface area contributed by atoms with Crippen molar-refractivity contribution >= 4 is 43.6 Å². The van der Waals surface area contributed by atoms with Crippen LogP contribution in [-0.2, 0) is 5.41 Å². The van der Waals surface area contributed by atoms with Crippen LogP contribution in [0.3, 0.4) is 0 Å². The van der Waals surface area contributed by atoms with Crippen LogP contribution < -0.4 is 0 Å². The number of hydrogen-bond donors (Lipinski definition) is 0. The van der Waals surface area contributed by atoms with E-state index >= 15 is 0 Å². The lowest BCUT2D eigenvalue weighted by molar-refractivity contribution is 0.664. The number of fused-ring (bicyclic) bond motifs is 10. The smallest absolute Gasteiger partial charge is 0.238 e. The Kier molecular flexibility index (Phi) is 6.23. The summed E-state index contributed by atoms with van der Waals surface area (Å²) in [4.78, 5) is 15.4. The summed E-state index contributed by atoms with van der Waals surface area (Å²) in [5, 5.41) is 4.85. The van der Waals surface area contributed by atoms with E-state index in [9.17, 15) is 0 Å². The highest BCUT2D eigenvalue weighted by atomic mass is 15.2. The molecule has 0 radical (unpaired) electrons. The molecule has 0 spiro atoms. The zero-order chi connectivity index (χ0) is 35.3. The highest BCUT2D eigenvalue weighted by molar-refractivity contribution is 6.13. The first-order valence-corrected chi connectivity index (χ1v) is 18.1. The lowest BCUT2D eigenvalue weighted by Gasteiger charge is -2.23. The summed E-state index contributed by atoms with van der Waals surface area (Å²) in [5.74, 6) is 1.85. The standard InChI is InChI=1S/C48H33N5/c1-48(2)39-20-10-6-16-33(39)37-28-29-38-36-19-9-11-21-40(36)52(44(38)43(37)48)32-26-24-31(25-27-32)46-49-45(30-14-4-3-5-15-30)50-47(51-46)53-41-22-12-7-17-34(41)35-18-8-13-23-42(35)53/h3-29H,1-2H3. The van der Waals surface area contributed by atoms with Gasteiger partial charge in [0, 0.05) is 43.8 Å². The van der Waals surface area contributed by atoms with E-state index in [4.69, 9.17) is 15.0 Å². The van der Waals surface area contributed by atoms with Crippen LogP contribution in [-0.4, -0.2) is 24.1 Å². The molecule has 7 aromatic carbocycles. The quantitative estimate of drug-likeness (QED) is 0.186. The second kappa shape index (κ2) is 11.1. The maximum absolute atomic E-state index is 5.19. The second-order valence-corrected chi connectivity index (χ2v) is 14.5. The number of para-hydroxylation sites is 3. The molecule has 5 heteroatoms. The Balaban J connectivity index is 1.12. The predicted molar refractivity (Wildman–Crippen MR) is 217 cm³/mol. The van der Waals surface area contributed by atoms with E-state index in [0.29, 0.717) is 17.6 Å². The molecule has 0 fully saturated rings. The largest absolute Gasteiger partial charge is 0.309 e. The van der Waals surface area contributed by atoms with Crippen LogP contribution in [0.15, 0.2) is 164 Å². The Morgan fingerprint density at radius 1 is 0.415 bits per heavy atom. The summed E-state index contributed by atoms with van der Waals surface area (Å²) in [5.41, 5.74) is 12.8. The van der Waals surface area contributed by atoms with E-state index < -0.39 is 0 Å². The summed E-state index contributed by atoms with van der Waals surface area (Å²) >= 11 is 0. The first-order chi connectivity index (χ1) is 26.1. The van der Waals surface area contributed by atoms with Gasteiger partial charge in [-0.1, -0.05) is 135 Å². The fourth-order valence-electron chi connectivity index (χ4n) is 8.79. The lowest BCUT2D eigenvalue weighted by Crippen LogP contribution is -2.16. The van der Waals surface area contributed by atoms with Gasteiger partial charge in [0.15, 0.2) is 11.6 Å². The summed E-state index contributed by atoms with van der Waals surface area (Å²) in [6.45, 7) is 4.73. The molecule has 5 nitrogen and oxygen atoms in total. The molecule has 0 unspecified atom stereocenters. The van der Waals surface area contributed by atoms with Crippen LogP contribution in [0.1, 0.15) is 25.0 Å². The number of benzene rings is 7. The van der Waals surface area contributed by atoms with E-state index in [2.05, 4.69) is 169 Å². The molecule has 250 valence electrons. The predicted octanol–water partition coefficient (Wildman–Crippen LogP) is 11.7. The Labute approximate surface area is 306 Å². The van der Waals surface area contributed by atoms with Crippen molar-refractivity contribution in [2.75, 3.05) is 0 Å². The molecule has 0 saturated heterocycles. The van der Waals surface area contributed by atoms with Gasteiger partial charge in [-0.15, -0.1) is 0 Å². The third kappa shape index (κ3) is 4.28. The normalized spacial score (nSPS) is 13.2. The van der Waals surface area contributed by atoms with Crippen molar-refractivity contribution in [3.63, 3.8) is 0 Å². The Hall–Kier alpha value is -6.85. The summed E-state index contributed by atoms with van der Waals surface area (Å²) in [6.07, 6.45) is 0. The van der Waals surface area contributed by atoms with Crippen LogP contribution in [0.5, 0.6) is 0 Å². The maximum atomic E-state index is 5.19. The van der Waals surface area contributed by atoms with Crippen molar-refractivity contribution in [1.29, 1.82) is 0 Å². The van der Waals surface area contributed by atoms with Crippen LogP contribution in [0.2, 0.25) is 0 Å². The van der Waals surface area contributed by atoms with E-state index in [1.54, 1.807) is 0 Å². The SMILES string of the molecule is CC1(C)c2ccccc2-c2ccc3c4ccccc4n(-c4ccc(-c5nc(-c6ccccc6)nc(-n6c7ccccc7c7ccccc76)n5)cc4)c3c21. The van der Waals surface area contributed by atoms with Crippen molar-refractivity contribution in [3.05, 3.63) is 175 Å². The molecule has 3 heterocycles. The minimum Gasteiger partial charge on any atom is -0.309 e. The monoisotopic (exact) mass is 679 g/mol. The molecule has 3 aromatic heterocycles. The van der Waals surface area contributed by atoms with Gasteiger partial charge < -0.3 is 4.57 Å². The topological polar surface area (TPSA) is 48.5 Å². The number of aromatic nitrogens is 5. The molecule has 0 atom stereocenters. The minimum atomic E-state index is -0.153. The van der Waals surface area contributed by atoms with Gasteiger partial charge in [-0.25, -0.2) is 4.98 Å². The van der Waals surface area contributed by atoms with Crippen LogP contribution in [0.4, 0.5) is 0 Å². The highest BCUT2D eigenvalue weighted by Gasteiger charge is 2.38. The molecule has 11 rings (SSSR count). The fourth-order valence-corrected chi connectivity index (χ4v) is 8.79. The van der Waals surface area contributed by atoms with Crippen LogP contribution >= 0.6 is 0 Å². The van der Waals surface area contributed by atoms with E-state index in [1.165, 1.54) is 54.8 Å². The molecule has 1 aliphatic carbocycles. The number of rotatable bonds is 4. The number of nitrogens with zero attached hydrogens (tertiary/aromatic N) is 5. The molecule has 0 saturated carbocycles. The van der Waals surface area contributed by atoms with Gasteiger partial charge in [-0.2, -0.15) is 9.97 Å². The Morgan fingerprint density at radius 2 is 0.943 bits per heavy atom. The molecule has 53 heavy (non-hydrogen) atoms. The second-order valence-electron chi connectivity index (χ2n) is 14.5. The maximum Gasteiger partial charge on any atom is 0.238 e. The summed E-state index contributed by atoms with van der Waals surface area (Å²) < 4.78 is 4.61. The summed E-state index contributed by atoms with van der Waals surface area (Å²) in [6, 6.07) is 58.1. The fraction of sp³-hybridized carbons (Fsp3) is 0.0625. The first-order valence-electron chi connectivity index (χ1n) is 18.1. The van der Waals surface area contributed by atoms with Gasteiger partial charge in [-0.05, 0) is 64.7 Å². The van der Waals surface area contributed by atoms with Crippen molar-refractivity contribution in [2.24, 2.45) is 0 Å². The molecule has 1 aliphatic rings. The average molecular weight is 680 g/mol. The van der Waals surface area contributed by atoms with Crippen LogP contribution in [0.25, 0.3) is 89.2 Å². The van der Waals surface area contributed by atoms with Gasteiger partial charge in [-0.3, -0.25) is 4.57 Å². The van der Waals surface area contributed by atoms with Gasteiger partial charge in [0.05, 0.1) is 22.1 Å². The Bertz CT molecular complexity index is 3020. The minimum absolute atomic E-state index is 0.153. The molecule has 0 N–H and O–H groups in total. The van der Waals surface area contributed by atoms with Gasteiger partial charge in [0.2, 0.25) is 5.95 Å². The third-order valence-corrected chi connectivity index (χ3v) is 11.2. The zero-order valence-corrected chi connectivity index (χ0v) is 29.3. The van der Waals surface area contributed by atoms with Crippen molar-refractivity contribution in [1.82, 2.24) is 24.1 Å². The Morgan fingerprint density at radius 3 is 1.60 bits per heavy atom. The van der Waals surface area contributed by atoms with E-state index in [-0.39, 0.29) is 5.41 Å². The van der Waals surface area contributed by atoms with Gasteiger partial charge >= 0.3 is 0 Å². The molecule has 0 bridgehead atoms. The van der Waals surface area contributed by atoms with Crippen molar-refractivity contribution in [3.8, 4) is 45.5 Å². The molecule has 10 aromatic rings. The van der Waals surface area contributed by atoms with Gasteiger partial charge in [0.1, 0.15) is 0 Å². The molecular weight excluding hydrogens is 647 g/mol. The third-order valence-electron chi connectivity index (χ3n) is 11.2. The molecular formula is C48H33N5. The van der Waals surface area contributed by atoms with Crippen molar-refractivity contribution < 1.29 is 0 Å². The van der Waals surface area contributed by atoms with Crippen LogP contribution in [0, 0.1) is 0 Å². The van der Waals surface area contributed by atoms with Crippen molar-refractivity contribution in [2.45, 2.75) is 19.3 Å². The zero-order valence-electron chi connectivity index (χ0n) is 29.3. The average Bonchev–Trinajstić information content (AvgIpc) is 3.81. The number of hydrogen-bond acceptors (Lipinski definition) is 3.